The SMILES string of the molecule is CCOC(=O)C1=C(C=O)/C2=C3\CCC(=O)[C@@H](C3)c3cc4c(cc3CC[C@H](CO)COc3c5c(c(CO)c(c32)O1)O[C@H]([C@@]1(O)CC=C[C@@H]2CN(CCCOC)CC[C@H]21)C5)=NCC=4. The van der Waals surface area contributed by atoms with Gasteiger partial charge in [0.1, 0.15) is 34.7 Å². The summed E-state index contributed by atoms with van der Waals surface area (Å²) >= 11 is 0. The topological polar surface area (TPSA) is 174 Å². The average Bonchev–Trinajstić information content (AvgIpc) is 3.93. The first-order valence-corrected chi connectivity index (χ1v) is 22.0. The molecular formula is C48H56N2O11. The Bertz CT molecular complexity index is 2350. The van der Waals surface area contributed by atoms with E-state index in [0.29, 0.717) is 73.3 Å². The molecule has 2 aromatic carbocycles. The summed E-state index contributed by atoms with van der Waals surface area (Å²) in [5.74, 6) is -1.18. The normalized spacial score (nSPS) is 29.1. The zero-order chi connectivity index (χ0) is 42.4. The van der Waals surface area contributed by atoms with Crippen molar-refractivity contribution in [3.05, 3.63) is 79.6 Å². The van der Waals surface area contributed by atoms with Crippen LogP contribution >= 0.6 is 0 Å². The number of methoxy groups -OCH3 is 1. The fourth-order valence-electron chi connectivity index (χ4n) is 11.1. The summed E-state index contributed by atoms with van der Waals surface area (Å²) < 4.78 is 31.0. The molecule has 0 unspecified atom stereocenters. The molecule has 9 rings (SSSR count). The van der Waals surface area contributed by atoms with Crippen LogP contribution in [0.15, 0.2) is 46.2 Å². The van der Waals surface area contributed by atoms with E-state index in [-0.39, 0.29) is 85.3 Å². The number of esters is 1. The van der Waals surface area contributed by atoms with Crippen LogP contribution in [0, 0.1) is 17.8 Å². The zero-order valence-corrected chi connectivity index (χ0v) is 35.1. The summed E-state index contributed by atoms with van der Waals surface area (Å²) in [7, 11) is 1.71. The zero-order valence-electron chi connectivity index (χ0n) is 35.1. The molecule has 2 fully saturated rings. The molecule has 61 heavy (non-hydrogen) atoms. The average molecular weight is 837 g/mol. The van der Waals surface area contributed by atoms with Crippen LogP contribution in [0.4, 0.5) is 0 Å². The second-order valence-corrected chi connectivity index (χ2v) is 17.6. The van der Waals surface area contributed by atoms with Crippen molar-refractivity contribution in [2.75, 3.05) is 59.7 Å². The Kier molecular flexibility index (Phi) is 11.8. The van der Waals surface area contributed by atoms with Crippen molar-refractivity contribution >= 4 is 29.7 Å². The maximum absolute atomic E-state index is 14.1. The number of hydrogen-bond donors (Lipinski definition) is 3. The number of aliphatic hydroxyl groups is 3. The van der Waals surface area contributed by atoms with E-state index in [9.17, 15) is 29.7 Å². The summed E-state index contributed by atoms with van der Waals surface area (Å²) in [6.45, 7) is 4.86. The number of piperidine rings is 1. The van der Waals surface area contributed by atoms with Crippen LogP contribution in [-0.2, 0) is 43.3 Å². The standard InChI is InChI=1S/C48H56N2O11/c1-3-58-47(55)46-35(24-52)41-30-9-10-39(54)33(19-30)32-18-29-11-14-49-38(29)20-28(32)8-7-27(23-51)26-59-44-34-21-40(60-43(34)36(25-53)45(61-46)42(41)44)48(56)13-4-6-31-22-50(15-5-17-57-2)16-12-37(31)48/h4,6,11,18,20,24,27,31,33,37,40,51,53,56H,3,5,7-10,12-17,19,21-23,25-26H2,1-2H3/b41-30-/t27-,31-,33+,37-,40+,48-/m1/s1. The molecule has 7 aliphatic rings. The van der Waals surface area contributed by atoms with Gasteiger partial charge < -0.3 is 43.9 Å². The number of Topliss-reactive ketones (excluding diaryl/α,β-unsaturated/α-hetero) is 1. The van der Waals surface area contributed by atoms with E-state index in [1.54, 1.807) is 14.0 Å². The van der Waals surface area contributed by atoms with Gasteiger partial charge in [0.15, 0.2) is 6.29 Å². The molecular weight excluding hydrogens is 781 g/mol. The minimum atomic E-state index is -1.26. The predicted octanol–water partition coefficient (Wildman–Crippen LogP) is 3.19. The third-order valence-electron chi connectivity index (χ3n) is 14.1. The van der Waals surface area contributed by atoms with Crippen LogP contribution in [-0.4, -0.2) is 110 Å². The number of likely N-dealkylation sites (tertiary alicyclic amines) is 1. The van der Waals surface area contributed by atoms with Gasteiger partial charge in [-0.25, -0.2) is 4.79 Å². The number of carbonyl (C=O) groups excluding carboxylic acids is 3. The lowest BCUT2D eigenvalue weighted by atomic mass is 9.66. The first-order chi connectivity index (χ1) is 29.7. The maximum atomic E-state index is 14.1. The van der Waals surface area contributed by atoms with Crippen molar-refractivity contribution < 1.29 is 53.4 Å². The molecule has 6 atom stereocenters. The van der Waals surface area contributed by atoms with E-state index < -0.39 is 30.2 Å². The van der Waals surface area contributed by atoms with Crippen molar-refractivity contribution in [3.63, 3.8) is 0 Å². The quantitative estimate of drug-likeness (QED) is 0.138. The van der Waals surface area contributed by atoms with Crippen LogP contribution in [0.1, 0.15) is 85.6 Å². The number of allylic oxidation sites excluding steroid dienone is 3. The lowest BCUT2D eigenvalue weighted by molar-refractivity contribution is -0.141. The highest BCUT2D eigenvalue weighted by atomic mass is 16.6. The monoisotopic (exact) mass is 836 g/mol. The highest BCUT2D eigenvalue weighted by Crippen LogP contribution is 2.58. The number of ketones is 1. The summed E-state index contributed by atoms with van der Waals surface area (Å²) in [6.07, 6.45) is 10.4. The molecule has 2 aliphatic carbocycles. The maximum Gasteiger partial charge on any atom is 0.375 e. The Labute approximate surface area is 355 Å². The van der Waals surface area contributed by atoms with E-state index in [4.69, 9.17) is 23.7 Å². The molecule has 1 saturated heterocycles. The summed E-state index contributed by atoms with van der Waals surface area (Å²) in [5, 5.41) is 36.8. The van der Waals surface area contributed by atoms with Gasteiger partial charge >= 0.3 is 5.97 Å². The molecule has 2 bridgehead atoms. The van der Waals surface area contributed by atoms with E-state index in [2.05, 4.69) is 28.1 Å². The Morgan fingerprint density at radius 1 is 1.11 bits per heavy atom. The molecule has 0 spiro atoms. The highest BCUT2D eigenvalue weighted by Gasteiger charge is 2.54. The second-order valence-electron chi connectivity index (χ2n) is 17.6. The molecule has 5 aliphatic heterocycles. The molecule has 1 saturated carbocycles. The van der Waals surface area contributed by atoms with Gasteiger partial charge in [-0.3, -0.25) is 14.6 Å². The number of hydrogen-bond acceptors (Lipinski definition) is 13. The van der Waals surface area contributed by atoms with Gasteiger partial charge in [0.25, 0.3) is 0 Å². The van der Waals surface area contributed by atoms with Gasteiger partial charge in [-0.15, -0.1) is 0 Å². The summed E-state index contributed by atoms with van der Waals surface area (Å²) in [4.78, 5) is 48.3. The molecule has 0 radical (unpaired) electrons. The minimum absolute atomic E-state index is 0.0239. The number of ether oxygens (including phenoxy) is 5. The number of aliphatic hydroxyl groups excluding tert-OH is 2. The number of benzene rings is 2. The molecule has 13 heteroatoms. The molecule has 0 aromatic heterocycles. The molecule has 13 nitrogen and oxygen atoms in total. The first-order valence-electron chi connectivity index (χ1n) is 22.0. The Morgan fingerprint density at radius 3 is 2.77 bits per heavy atom. The number of fused-ring (bicyclic) bond motifs is 8. The predicted molar refractivity (Wildman–Crippen MR) is 224 cm³/mol. The van der Waals surface area contributed by atoms with E-state index in [1.165, 1.54) is 0 Å². The van der Waals surface area contributed by atoms with Gasteiger partial charge in [-0.2, -0.15) is 0 Å². The van der Waals surface area contributed by atoms with E-state index in [1.807, 2.05) is 12.2 Å². The number of aldehydes is 1. The van der Waals surface area contributed by atoms with Crippen molar-refractivity contribution in [1.29, 1.82) is 0 Å². The van der Waals surface area contributed by atoms with Crippen molar-refractivity contribution in [2.24, 2.45) is 22.7 Å². The molecule has 0 amide bonds. The Hall–Kier alpha value is -4.66. The number of nitrogens with zero attached hydrogens (tertiary/aromatic N) is 2. The lowest BCUT2D eigenvalue weighted by Crippen LogP contribution is -2.58. The highest BCUT2D eigenvalue weighted by molar-refractivity contribution is 6.11. The Balaban J connectivity index is 1.20. The van der Waals surface area contributed by atoms with Gasteiger partial charge in [0.2, 0.25) is 5.76 Å². The molecule has 5 heterocycles. The Morgan fingerprint density at radius 2 is 1.98 bits per heavy atom. The third kappa shape index (κ3) is 7.35. The summed E-state index contributed by atoms with van der Waals surface area (Å²) in [5.41, 5.74) is 3.05. The fraction of sp³-hybridized carbons (Fsp3) is 0.542. The lowest BCUT2D eigenvalue weighted by Gasteiger charge is -2.49. The smallest absolute Gasteiger partial charge is 0.375 e. The van der Waals surface area contributed by atoms with Crippen LogP contribution < -0.4 is 24.8 Å². The first kappa shape index (κ1) is 41.7. The van der Waals surface area contributed by atoms with Gasteiger partial charge in [-0.1, -0.05) is 23.8 Å². The second kappa shape index (κ2) is 17.2. The van der Waals surface area contributed by atoms with Crippen molar-refractivity contribution in [3.8, 4) is 17.2 Å². The number of aryl methyl sites for hydroxylation is 1. The minimum Gasteiger partial charge on any atom is -0.492 e. The van der Waals surface area contributed by atoms with E-state index in [0.717, 1.165) is 59.8 Å². The van der Waals surface area contributed by atoms with E-state index >= 15 is 0 Å². The number of rotatable bonds is 10. The van der Waals surface area contributed by atoms with Gasteiger partial charge in [-0.05, 0) is 92.8 Å². The fourth-order valence-corrected chi connectivity index (χ4v) is 11.1. The van der Waals surface area contributed by atoms with Crippen molar-refractivity contribution in [1.82, 2.24) is 4.90 Å². The van der Waals surface area contributed by atoms with Crippen molar-refractivity contribution in [2.45, 2.75) is 88.9 Å². The van der Waals surface area contributed by atoms with Crippen LogP contribution in [0.25, 0.3) is 11.6 Å². The van der Waals surface area contributed by atoms with Crippen LogP contribution in [0.5, 0.6) is 17.2 Å². The molecule has 2 aromatic rings. The number of carbonyl (C=O) groups is 3. The molecule has 324 valence electrons. The van der Waals surface area contributed by atoms with Gasteiger partial charge in [0, 0.05) is 75.1 Å². The van der Waals surface area contributed by atoms with Gasteiger partial charge in [0.05, 0.1) is 48.4 Å². The largest absolute Gasteiger partial charge is 0.492 e. The molecule has 3 N–H and O–H groups in total. The van der Waals surface area contributed by atoms with Crippen LogP contribution in [0.2, 0.25) is 0 Å². The third-order valence-corrected chi connectivity index (χ3v) is 14.1. The summed E-state index contributed by atoms with van der Waals surface area (Å²) in [6, 6.07) is 4.13. The van der Waals surface area contributed by atoms with Crippen LogP contribution in [0.3, 0.4) is 0 Å².